The van der Waals surface area contributed by atoms with Crippen LogP contribution in [0, 0.1) is 0 Å². The molecular weight excluding hydrogens is 532 g/mol. The summed E-state index contributed by atoms with van der Waals surface area (Å²) in [6.45, 7) is 1.83. The van der Waals surface area contributed by atoms with E-state index in [1.54, 1.807) is 30.3 Å². The van der Waals surface area contributed by atoms with Gasteiger partial charge in [-0.3, -0.25) is 9.59 Å². The Morgan fingerprint density at radius 2 is 1.88 bits per heavy atom. The van der Waals surface area contributed by atoms with Gasteiger partial charge in [0.25, 0.3) is 21.8 Å². The first-order chi connectivity index (χ1) is 19.2. The number of aromatic nitrogens is 1. The zero-order valence-electron chi connectivity index (χ0n) is 22.6. The number of nitrogens with one attached hydrogen (secondary N) is 2. The van der Waals surface area contributed by atoms with Crippen molar-refractivity contribution in [2.45, 2.75) is 30.4 Å². The lowest BCUT2D eigenvalue weighted by atomic mass is 9.99. The van der Waals surface area contributed by atoms with Crippen molar-refractivity contribution in [2.24, 2.45) is 0 Å². The molecule has 11 heteroatoms. The summed E-state index contributed by atoms with van der Waals surface area (Å²) in [4.78, 5) is 32.1. The van der Waals surface area contributed by atoms with Crippen LogP contribution in [0.4, 0.5) is 0 Å². The van der Waals surface area contributed by atoms with E-state index in [1.807, 2.05) is 31.1 Å². The molecule has 2 aromatic carbocycles. The van der Waals surface area contributed by atoms with Crippen molar-refractivity contribution in [1.29, 1.82) is 0 Å². The SMILES string of the molecule is CN(C)CCNC(=O)c1ccccc1-c1ccc(S(=O)(=O)n2ccc(/C=C/C(=O)NOC3CCCCO3)c2)cc1. The molecule has 2 amide bonds. The van der Waals surface area contributed by atoms with Crippen LogP contribution < -0.4 is 10.8 Å². The number of hydroxylamine groups is 1. The fourth-order valence-corrected chi connectivity index (χ4v) is 5.33. The molecule has 2 heterocycles. The molecule has 1 aliphatic rings. The van der Waals surface area contributed by atoms with Gasteiger partial charge >= 0.3 is 0 Å². The van der Waals surface area contributed by atoms with Gasteiger partial charge in [0.15, 0.2) is 6.29 Å². The Bertz CT molecular complexity index is 1440. The third kappa shape index (κ3) is 7.66. The highest BCUT2D eigenvalue weighted by Gasteiger charge is 2.18. The number of hydrogen-bond acceptors (Lipinski definition) is 7. The fraction of sp³-hybridized carbons (Fsp3) is 0.310. The van der Waals surface area contributed by atoms with Crippen LogP contribution in [-0.2, 0) is 24.4 Å². The summed E-state index contributed by atoms with van der Waals surface area (Å²) < 4.78 is 32.9. The van der Waals surface area contributed by atoms with Gasteiger partial charge < -0.3 is 15.0 Å². The summed E-state index contributed by atoms with van der Waals surface area (Å²) in [5, 5.41) is 2.92. The minimum Gasteiger partial charge on any atom is -0.351 e. The summed E-state index contributed by atoms with van der Waals surface area (Å²) in [7, 11) is -0.0000620. The minimum absolute atomic E-state index is 0.0916. The second-order valence-electron chi connectivity index (χ2n) is 9.62. The largest absolute Gasteiger partial charge is 0.351 e. The van der Waals surface area contributed by atoms with Gasteiger partial charge in [-0.15, -0.1) is 0 Å². The number of hydrogen-bond donors (Lipinski definition) is 2. The zero-order valence-corrected chi connectivity index (χ0v) is 23.4. The summed E-state index contributed by atoms with van der Waals surface area (Å²) >= 11 is 0. The predicted octanol–water partition coefficient (Wildman–Crippen LogP) is 3.27. The minimum atomic E-state index is -3.87. The Hall–Kier alpha value is -3.77. The number of carbonyl (C=O) groups is 2. The van der Waals surface area contributed by atoms with Gasteiger partial charge in [-0.05, 0) is 74.0 Å². The molecule has 1 atom stereocenters. The average Bonchev–Trinajstić information content (AvgIpc) is 3.45. The van der Waals surface area contributed by atoms with E-state index >= 15 is 0 Å². The Morgan fingerprint density at radius 3 is 2.60 bits per heavy atom. The average molecular weight is 567 g/mol. The highest BCUT2D eigenvalue weighted by atomic mass is 32.2. The van der Waals surface area contributed by atoms with Crippen molar-refractivity contribution in [3.63, 3.8) is 0 Å². The second kappa shape index (κ2) is 13.5. The Morgan fingerprint density at radius 1 is 1.10 bits per heavy atom. The predicted molar refractivity (Wildman–Crippen MR) is 152 cm³/mol. The normalized spacial score (nSPS) is 15.8. The molecule has 0 spiro atoms. The standard InChI is InChI=1S/C29H34N4O6S/c1-32(2)19-17-30-29(35)26-8-4-3-7-25(26)23-11-13-24(14-12-23)40(36,37)33-18-16-22(21-33)10-15-27(34)31-39-28-9-5-6-20-38-28/h3-4,7-8,10-16,18,21,28H,5-6,9,17,19-20H2,1-2H3,(H,30,35)(H,31,34)/b15-10+. The highest BCUT2D eigenvalue weighted by molar-refractivity contribution is 7.90. The van der Waals surface area contributed by atoms with Crippen molar-refractivity contribution >= 4 is 27.9 Å². The molecule has 0 aliphatic carbocycles. The van der Waals surface area contributed by atoms with E-state index in [0.29, 0.717) is 36.3 Å². The molecule has 1 aromatic heterocycles. The lowest BCUT2D eigenvalue weighted by molar-refractivity contribution is -0.198. The molecule has 1 unspecified atom stereocenters. The molecule has 2 N–H and O–H groups in total. The Kier molecular flexibility index (Phi) is 9.88. The van der Waals surface area contributed by atoms with Crippen LogP contribution in [0.2, 0.25) is 0 Å². The van der Waals surface area contributed by atoms with Crippen LogP contribution >= 0.6 is 0 Å². The third-order valence-corrected chi connectivity index (χ3v) is 7.95. The van der Waals surface area contributed by atoms with Gasteiger partial charge in [-0.25, -0.2) is 22.7 Å². The molecule has 212 valence electrons. The monoisotopic (exact) mass is 566 g/mol. The van der Waals surface area contributed by atoms with Gasteiger partial charge in [-0.2, -0.15) is 0 Å². The fourth-order valence-electron chi connectivity index (χ4n) is 4.12. The molecule has 1 saturated heterocycles. The quantitative estimate of drug-likeness (QED) is 0.270. The molecule has 0 saturated carbocycles. The number of rotatable bonds is 11. The van der Waals surface area contributed by atoms with Crippen LogP contribution in [0.5, 0.6) is 0 Å². The number of ether oxygens (including phenoxy) is 1. The van der Waals surface area contributed by atoms with Crippen molar-refractivity contribution in [2.75, 3.05) is 33.8 Å². The molecule has 1 aliphatic heterocycles. The van der Waals surface area contributed by atoms with Crippen molar-refractivity contribution in [1.82, 2.24) is 19.7 Å². The molecule has 40 heavy (non-hydrogen) atoms. The number of likely N-dealkylation sites (N-methyl/N-ethyl adjacent to an activating group) is 1. The van der Waals surface area contributed by atoms with E-state index in [0.717, 1.165) is 28.9 Å². The van der Waals surface area contributed by atoms with Crippen molar-refractivity contribution in [3.05, 3.63) is 84.2 Å². The summed E-state index contributed by atoms with van der Waals surface area (Å²) in [5.41, 5.74) is 4.80. The van der Waals surface area contributed by atoms with Gasteiger partial charge in [0.1, 0.15) is 0 Å². The maximum Gasteiger partial charge on any atom is 0.267 e. The molecule has 3 aromatic rings. The summed E-state index contributed by atoms with van der Waals surface area (Å²) in [6, 6.07) is 15.2. The van der Waals surface area contributed by atoms with Gasteiger partial charge in [0.2, 0.25) is 0 Å². The molecule has 0 radical (unpaired) electrons. The molecule has 1 fully saturated rings. The molecule has 4 rings (SSSR count). The lowest BCUT2D eigenvalue weighted by Crippen LogP contribution is -2.32. The second-order valence-corrected chi connectivity index (χ2v) is 11.5. The van der Waals surface area contributed by atoms with Crippen LogP contribution in [0.25, 0.3) is 17.2 Å². The number of nitrogens with zero attached hydrogens (tertiary/aromatic N) is 2. The van der Waals surface area contributed by atoms with Crippen LogP contribution in [-0.4, -0.2) is 69.2 Å². The highest BCUT2D eigenvalue weighted by Crippen LogP contribution is 2.26. The zero-order chi connectivity index (χ0) is 28.5. The van der Waals surface area contributed by atoms with E-state index in [1.165, 1.54) is 36.7 Å². The molecule has 0 bridgehead atoms. The number of benzene rings is 2. The topological polar surface area (TPSA) is 119 Å². The Labute approximate surface area is 234 Å². The first kappa shape index (κ1) is 29.2. The van der Waals surface area contributed by atoms with E-state index < -0.39 is 22.2 Å². The van der Waals surface area contributed by atoms with Crippen molar-refractivity contribution in [3.8, 4) is 11.1 Å². The summed E-state index contributed by atoms with van der Waals surface area (Å²) in [6.07, 6.45) is 7.80. The van der Waals surface area contributed by atoms with E-state index in [2.05, 4.69) is 10.8 Å². The molecule has 10 nitrogen and oxygen atoms in total. The van der Waals surface area contributed by atoms with Gasteiger partial charge in [0.05, 0.1) is 4.90 Å². The number of amides is 2. The van der Waals surface area contributed by atoms with Crippen molar-refractivity contribution < 1.29 is 27.6 Å². The number of carbonyl (C=O) groups excluding carboxylic acids is 2. The van der Waals surface area contributed by atoms with Gasteiger partial charge in [0, 0.05) is 50.2 Å². The first-order valence-electron chi connectivity index (χ1n) is 13.1. The van der Waals surface area contributed by atoms with E-state index in [4.69, 9.17) is 9.57 Å². The van der Waals surface area contributed by atoms with Crippen LogP contribution in [0.1, 0.15) is 35.2 Å². The summed E-state index contributed by atoms with van der Waals surface area (Å²) in [5.74, 6) is -0.670. The van der Waals surface area contributed by atoms with Crippen LogP contribution in [0.3, 0.4) is 0 Å². The first-order valence-corrected chi connectivity index (χ1v) is 14.5. The maximum absolute atomic E-state index is 13.2. The lowest BCUT2D eigenvalue weighted by Gasteiger charge is -2.21. The molecular formula is C29H34N4O6S. The Balaban J connectivity index is 1.41. The van der Waals surface area contributed by atoms with Crippen LogP contribution in [0.15, 0.2) is 78.0 Å². The van der Waals surface area contributed by atoms with E-state index in [9.17, 15) is 18.0 Å². The van der Waals surface area contributed by atoms with E-state index in [-0.39, 0.29) is 10.8 Å². The smallest absolute Gasteiger partial charge is 0.267 e. The maximum atomic E-state index is 13.2. The van der Waals surface area contributed by atoms with Gasteiger partial charge in [-0.1, -0.05) is 30.3 Å². The third-order valence-electron chi connectivity index (χ3n) is 6.30.